The molecule has 104 valence electrons. The van der Waals surface area contributed by atoms with Gasteiger partial charge in [0.25, 0.3) is 5.91 Å². The molecule has 0 fully saturated rings. The molecular weight excluding hydrogens is 248 g/mol. The molecule has 2 rings (SSSR count). The maximum absolute atomic E-state index is 12.3. The molecule has 0 aliphatic rings. The molecule has 3 N–H and O–H groups in total. The first-order valence-electron chi connectivity index (χ1n) is 6.70. The van der Waals surface area contributed by atoms with E-state index in [1.165, 1.54) is 0 Å². The van der Waals surface area contributed by atoms with Crippen LogP contribution in [0.1, 0.15) is 40.0 Å². The molecule has 3 nitrogen and oxygen atoms in total. The van der Waals surface area contributed by atoms with E-state index in [1.54, 1.807) is 0 Å². The highest BCUT2D eigenvalue weighted by Crippen LogP contribution is 2.16. The maximum Gasteiger partial charge on any atom is 0.251 e. The van der Waals surface area contributed by atoms with Crippen LogP contribution in [0, 0.1) is 13.8 Å². The van der Waals surface area contributed by atoms with Gasteiger partial charge in [-0.05, 0) is 50.6 Å². The van der Waals surface area contributed by atoms with Crippen molar-refractivity contribution in [3.8, 4) is 0 Å². The Hall–Kier alpha value is -2.29. The lowest BCUT2D eigenvalue weighted by Gasteiger charge is -2.15. The number of rotatable bonds is 3. The minimum absolute atomic E-state index is 0.0632. The summed E-state index contributed by atoms with van der Waals surface area (Å²) in [5.41, 5.74) is 10.3. The zero-order valence-electron chi connectivity index (χ0n) is 12.1. The molecule has 0 bridgehead atoms. The molecule has 0 heterocycles. The molecule has 0 radical (unpaired) electrons. The molecule has 2 aromatic rings. The molecule has 0 spiro atoms. The molecule has 0 saturated heterocycles. The lowest BCUT2D eigenvalue weighted by Crippen LogP contribution is -2.26. The van der Waals surface area contributed by atoms with Crippen LogP contribution in [0.5, 0.6) is 0 Å². The van der Waals surface area contributed by atoms with Gasteiger partial charge in [0.2, 0.25) is 0 Å². The van der Waals surface area contributed by atoms with Crippen LogP contribution in [0.15, 0.2) is 42.5 Å². The summed E-state index contributed by atoms with van der Waals surface area (Å²) in [6.45, 7) is 5.94. The maximum atomic E-state index is 12.3. The van der Waals surface area contributed by atoms with Gasteiger partial charge >= 0.3 is 0 Å². The number of anilines is 1. The first-order valence-corrected chi connectivity index (χ1v) is 6.70. The lowest BCUT2D eigenvalue weighted by atomic mass is 10.0. The molecule has 0 aliphatic heterocycles. The Kier molecular flexibility index (Phi) is 4.08. The third-order valence-corrected chi connectivity index (χ3v) is 3.24. The van der Waals surface area contributed by atoms with Crippen molar-refractivity contribution in [3.63, 3.8) is 0 Å². The van der Waals surface area contributed by atoms with Crippen molar-refractivity contribution in [1.82, 2.24) is 5.32 Å². The number of carbonyl (C=O) groups excluding carboxylic acids is 1. The van der Waals surface area contributed by atoms with E-state index >= 15 is 0 Å². The minimum Gasteiger partial charge on any atom is -0.399 e. The number of nitrogens with two attached hydrogens (primary N) is 1. The Balaban J connectivity index is 2.15. The second-order valence-electron chi connectivity index (χ2n) is 5.24. The number of nitrogen functional groups attached to an aromatic ring is 1. The quantitative estimate of drug-likeness (QED) is 0.838. The SMILES string of the molecule is Cc1cc(C)cc(C(=O)NC(C)c2cccc(N)c2)c1. The van der Waals surface area contributed by atoms with Gasteiger partial charge < -0.3 is 11.1 Å². The van der Waals surface area contributed by atoms with E-state index in [9.17, 15) is 4.79 Å². The van der Waals surface area contributed by atoms with Crippen LogP contribution in [0.25, 0.3) is 0 Å². The fraction of sp³-hybridized carbons (Fsp3) is 0.235. The highest BCUT2D eigenvalue weighted by molar-refractivity contribution is 5.94. The topological polar surface area (TPSA) is 55.1 Å². The summed E-state index contributed by atoms with van der Waals surface area (Å²) < 4.78 is 0. The van der Waals surface area contributed by atoms with E-state index < -0.39 is 0 Å². The molecule has 20 heavy (non-hydrogen) atoms. The number of hydrogen-bond acceptors (Lipinski definition) is 2. The fourth-order valence-corrected chi connectivity index (χ4v) is 2.30. The van der Waals surface area contributed by atoms with E-state index in [-0.39, 0.29) is 11.9 Å². The van der Waals surface area contributed by atoms with Gasteiger partial charge in [-0.15, -0.1) is 0 Å². The van der Waals surface area contributed by atoms with E-state index in [0.29, 0.717) is 11.3 Å². The lowest BCUT2D eigenvalue weighted by molar-refractivity contribution is 0.0939. The monoisotopic (exact) mass is 268 g/mol. The number of amides is 1. The number of nitrogens with one attached hydrogen (secondary N) is 1. The van der Waals surface area contributed by atoms with Gasteiger partial charge in [0, 0.05) is 11.3 Å². The van der Waals surface area contributed by atoms with E-state index in [4.69, 9.17) is 5.73 Å². The Morgan fingerprint density at radius 2 is 1.75 bits per heavy atom. The van der Waals surface area contributed by atoms with E-state index in [0.717, 1.165) is 16.7 Å². The van der Waals surface area contributed by atoms with Crippen molar-refractivity contribution in [2.45, 2.75) is 26.8 Å². The second-order valence-corrected chi connectivity index (χ2v) is 5.24. The summed E-state index contributed by atoms with van der Waals surface area (Å²) in [7, 11) is 0. The fourth-order valence-electron chi connectivity index (χ4n) is 2.30. The van der Waals surface area contributed by atoms with Gasteiger partial charge in [-0.3, -0.25) is 4.79 Å². The molecule has 3 heteroatoms. The van der Waals surface area contributed by atoms with Crippen molar-refractivity contribution in [3.05, 3.63) is 64.7 Å². The number of carbonyl (C=O) groups is 1. The van der Waals surface area contributed by atoms with Crippen molar-refractivity contribution in [2.75, 3.05) is 5.73 Å². The number of hydrogen-bond donors (Lipinski definition) is 2. The molecule has 1 unspecified atom stereocenters. The van der Waals surface area contributed by atoms with Crippen molar-refractivity contribution < 1.29 is 4.79 Å². The summed E-state index contributed by atoms with van der Waals surface area (Å²) in [6, 6.07) is 13.3. The second kappa shape index (κ2) is 5.78. The summed E-state index contributed by atoms with van der Waals surface area (Å²) in [5, 5.41) is 3.00. The summed E-state index contributed by atoms with van der Waals surface area (Å²) in [6.07, 6.45) is 0. The molecule has 0 aromatic heterocycles. The normalized spacial score (nSPS) is 11.9. The van der Waals surface area contributed by atoms with Crippen LogP contribution in [-0.4, -0.2) is 5.91 Å². The van der Waals surface area contributed by atoms with Crippen LogP contribution in [0.3, 0.4) is 0 Å². The first kappa shape index (κ1) is 14.1. The molecule has 1 amide bonds. The Morgan fingerprint density at radius 3 is 2.35 bits per heavy atom. The summed E-state index contributed by atoms with van der Waals surface area (Å²) >= 11 is 0. The van der Waals surface area contributed by atoms with E-state index in [2.05, 4.69) is 11.4 Å². The molecule has 0 aliphatic carbocycles. The van der Waals surface area contributed by atoms with Gasteiger partial charge in [0.05, 0.1) is 6.04 Å². The Morgan fingerprint density at radius 1 is 1.10 bits per heavy atom. The average Bonchev–Trinajstić information content (AvgIpc) is 2.37. The van der Waals surface area contributed by atoms with Crippen LogP contribution in [0.2, 0.25) is 0 Å². The largest absolute Gasteiger partial charge is 0.399 e. The van der Waals surface area contributed by atoms with Crippen molar-refractivity contribution in [2.24, 2.45) is 0 Å². The van der Waals surface area contributed by atoms with Crippen LogP contribution in [-0.2, 0) is 0 Å². The Bertz CT molecular complexity index is 614. The third kappa shape index (κ3) is 3.38. The zero-order chi connectivity index (χ0) is 14.7. The van der Waals surface area contributed by atoms with Crippen molar-refractivity contribution >= 4 is 11.6 Å². The summed E-state index contributed by atoms with van der Waals surface area (Å²) in [5.74, 6) is -0.0632. The minimum atomic E-state index is -0.0770. The smallest absolute Gasteiger partial charge is 0.251 e. The third-order valence-electron chi connectivity index (χ3n) is 3.24. The first-order chi connectivity index (χ1) is 9.45. The van der Waals surface area contributed by atoms with Gasteiger partial charge in [0.1, 0.15) is 0 Å². The van der Waals surface area contributed by atoms with Crippen LogP contribution >= 0.6 is 0 Å². The zero-order valence-corrected chi connectivity index (χ0v) is 12.1. The van der Waals surface area contributed by atoms with Gasteiger partial charge in [-0.1, -0.05) is 29.3 Å². The molecular formula is C17H20N2O. The van der Waals surface area contributed by atoms with Crippen LogP contribution < -0.4 is 11.1 Å². The van der Waals surface area contributed by atoms with Gasteiger partial charge in [-0.2, -0.15) is 0 Å². The summed E-state index contributed by atoms with van der Waals surface area (Å²) in [4.78, 5) is 12.3. The number of benzene rings is 2. The van der Waals surface area contributed by atoms with Crippen LogP contribution in [0.4, 0.5) is 5.69 Å². The highest BCUT2D eigenvalue weighted by Gasteiger charge is 2.12. The molecule has 1 atom stereocenters. The van der Waals surface area contributed by atoms with Gasteiger partial charge in [0.15, 0.2) is 0 Å². The van der Waals surface area contributed by atoms with Crippen molar-refractivity contribution in [1.29, 1.82) is 0 Å². The Labute approximate surface area is 119 Å². The van der Waals surface area contributed by atoms with Gasteiger partial charge in [-0.25, -0.2) is 0 Å². The highest BCUT2D eigenvalue weighted by atomic mass is 16.1. The molecule has 2 aromatic carbocycles. The predicted molar refractivity (Wildman–Crippen MR) is 82.7 cm³/mol. The van der Waals surface area contributed by atoms with E-state index in [1.807, 2.05) is 57.2 Å². The number of aryl methyl sites for hydroxylation is 2. The molecule has 0 saturated carbocycles. The average molecular weight is 268 g/mol. The predicted octanol–water partition coefficient (Wildman–Crippen LogP) is 3.38. The standard InChI is InChI=1S/C17H20N2O/c1-11-7-12(2)9-15(8-11)17(20)19-13(3)14-5-4-6-16(18)10-14/h4-10,13H,18H2,1-3H3,(H,19,20).